The smallest absolute Gasteiger partial charge is 0.339 e. The molecule has 0 fully saturated rings. The second kappa shape index (κ2) is 7.85. The molecule has 0 aliphatic rings. The normalized spacial score (nSPS) is 11.8. The van der Waals surface area contributed by atoms with Crippen LogP contribution in [-0.4, -0.2) is 11.0 Å². The summed E-state index contributed by atoms with van der Waals surface area (Å²) in [6.45, 7) is 0. The second-order valence-corrected chi connectivity index (χ2v) is 5.58. The fourth-order valence-electron chi connectivity index (χ4n) is 1.93. The average molecular weight is 333 g/mol. The summed E-state index contributed by atoms with van der Waals surface area (Å²) in [6.07, 6.45) is 2.77. The second-order valence-electron chi connectivity index (χ2n) is 4.56. The molecule has 0 heterocycles. The number of benzene rings is 2. The molecule has 0 amide bonds. The summed E-state index contributed by atoms with van der Waals surface area (Å²) in [6, 6.07) is 19.4. The third-order valence-electron chi connectivity index (χ3n) is 2.98. The van der Waals surface area contributed by atoms with Crippen molar-refractivity contribution < 1.29 is 9.53 Å². The maximum absolute atomic E-state index is 11.8. The Balaban J connectivity index is 1.73. The van der Waals surface area contributed by atoms with E-state index in [-0.39, 0.29) is 11.0 Å². The SMILES string of the molecule is O=C(OC(Br)CCCc1ccccc1)c1ccccc1. The summed E-state index contributed by atoms with van der Waals surface area (Å²) in [5.74, 6) is -0.285. The van der Waals surface area contributed by atoms with Gasteiger partial charge in [-0.25, -0.2) is 4.79 Å². The summed E-state index contributed by atoms with van der Waals surface area (Å²) >= 11 is 3.41. The number of aryl methyl sites for hydroxylation is 1. The summed E-state index contributed by atoms with van der Waals surface area (Å²) in [4.78, 5) is 11.8. The van der Waals surface area contributed by atoms with Crippen molar-refractivity contribution in [2.24, 2.45) is 0 Å². The zero-order chi connectivity index (χ0) is 14.2. The van der Waals surface area contributed by atoms with Gasteiger partial charge >= 0.3 is 5.97 Å². The molecule has 0 aliphatic heterocycles. The molecule has 0 radical (unpaired) electrons. The number of hydrogen-bond acceptors (Lipinski definition) is 2. The minimum absolute atomic E-state index is 0.237. The Labute approximate surface area is 127 Å². The third kappa shape index (κ3) is 4.82. The molecule has 2 aromatic rings. The van der Waals surface area contributed by atoms with Crippen molar-refractivity contribution in [3.8, 4) is 0 Å². The monoisotopic (exact) mass is 332 g/mol. The summed E-state index contributed by atoms with van der Waals surface area (Å²) in [5, 5.41) is -0.237. The lowest BCUT2D eigenvalue weighted by atomic mass is 10.1. The molecule has 1 atom stereocenters. The number of ether oxygens (including phenoxy) is 1. The third-order valence-corrected chi connectivity index (χ3v) is 3.63. The van der Waals surface area contributed by atoms with Gasteiger partial charge in [0.15, 0.2) is 5.01 Å². The van der Waals surface area contributed by atoms with Crippen LogP contribution >= 0.6 is 15.9 Å². The van der Waals surface area contributed by atoms with Crippen LogP contribution in [0.25, 0.3) is 0 Å². The Morgan fingerprint density at radius 3 is 2.25 bits per heavy atom. The van der Waals surface area contributed by atoms with Gasteiger partial charge in [-0.15, -0.1) is 0 Å². The van der Waals surface area contributed by atoms with E-state index in [9.17, 15) is 4.79 Å². The molecule has 104 valence electrons. The predicted octanol–water partition coefficient (Wildman–Crippen LogP) is 4.59. The van der Waals surface area contributed by atoms with Crippen molar-refractivity contribution >= 4 is 21.9 Å². The lowest BCUT2D eigenvalue weighted by Crippen LogP contribution is -2.12. The molecule has 0 bridgehead atoms. The van der Waals surface area contributed by atoms with Gasteiger partial charge in [0.25, 0.3) is 0 Å². The van der Waals surface area contributed by atoms with Gasteiger partial charge < -0.3 is 4.74 Å². The Morgan fingerprint density at radius 1 is 1.00 bits per heavy atom. The molecule has 0 aromatic heterocycles. The molecule has 3 heteroatoms. The van der Waals surface area contributed by atoms with Crippen molar-refractivity contribution in [1.29, 1.82) is 0 Å². The fourth-order valence-corrected chi connectivity index (χ4v) is 2.42. The molecule has 0 spiro atoms. The van der Waals surface area contributed by atoms with E-state index in [0.717, 1.165) is 19.3 Å². The molecule has 20 heavy (non-hydrogen) atoms. The van der Waals surface area contributed by atoms with Crippen molar-refractivity contribution in [1.82, 2.24) is 0 Å². The maximum Gasteiger partial charge on any atom is 0.339 e. The van der Waals surface area contributed by atoms with Gasteiger partial charge in [0.05, 0.1) is 5.56 Å². The highest BCUT2D eigenvalue weighted by atomic mass is 79.9. The first-order chi connectivity index (χ1) is 9.75. The van der Waals surface area contributed by atoms with Crippen LogP contribution in [0.5, 0.6) is 0 Å². The van der Waals surface area contributed by atoms with Gasteiger partial charge in [-0.05, 0) is 52.9 Å². The maximum atomic E-state index is 11.8. The number of halogens is 1. The number of rotatable bonds is 6. The highest BCUT2D eigenvalue weighted by Gasteiger charge is 2.12. The minimum atomic E-state index is -0.285. The van der Waals surface area contributed by atoms with E-state index in [2.05, 4.69) is 28.1 Å². The predicted molar refractivity (Wildman–Crippen MR) is 84.0 cm³/mol. The zero-order valence-electron chi connectivity index (χ0n) is 11.2. The fraction of sp³-hybridized carbons (Fsp3) is 0.235. The van der Waals surface area contributed by atoms with E-state index < -0.39 is 0 Å². The average Bonchev–Trinajstić information content (AvgIpc) is 2.49. The molecule has 0 N–H and O–H groups in total. The first-order valence-corrected chi connectivity index (χ1v) is 7.61. The van der Waals surface area contributed by atoms with Crippen LogP contribution in [0.2, 0.25) is 0 Å². The molecule has 0 aliphatic carbocycles. The Hall–Kier alpha value is -1.61. The van der Waals surface area contributed by atoms with Crippen LogP contribution < -0.4 is 0 Å². The van der Waals surface area contributed by atoms with Crippen molar-refractivity contribution in [3.05, 3.63) is 71.8 Å². The van der Waals surface area contributed by atoms with Crippen LogP contribution in [-0.2, 0) is 11.2 Å². The minimum Gasteiger partial charge on any atom is -0.447 e. The Bertz CT molecular complexity index is 525. The largest absolute Gasteiger partial charge is 0.447 e. The topological polar surface area (TPSA) is 26.3 Å². The zero-order valence-corrected chi connectivity index (χ0v) is 12.8. The van der Waals surface area contributed by atoms with Crippen molar-refractivity contribution in [2.75, 3.05) is 0 Å². The van der Waals surface area contributed by atoms with E-state index in [0.29, 0.717) is 5.56 Å². The molecule has 1 unspecified atom stereocenters. The van der Waals surface area contributed by atoms with Gasteiger partial charge in [0, 0.05) is 0 Å². The number of carbonyl (C=O) groups is 1. The highest BCUT2D eigenvalue weighted by Crippen LogP contribution is 2.15. The lowest BCUT2D eigenvalue weighted by molar-refractivity contribution is 0.0456. The van der Waals surface area contributed by atoms with Crippen LogP contribution in [0, 0.1) is 0 Å². The van der Waals surface area contributed by atoms with E-state index >= 15 is 0 Å². The van der Waals surface area contributed by atoms with Crippen molar-refractivity contribution in [3.63, 3.8) is 0 Å². The quantitative estimate of drug-likeness (QED) is 0.571. The van der Waals surface area contributed by atoms with Crippen LogP contribution in [0.4, 0.5) is 0 Å². The van der Waals surface area contributed by atoms with Gasteiger partial charge in [-0.3, -0.25) is 0 Å². The Kier molecular flexibility index (Phi) is 5.81. The molecule has 2 nitrogen and oxygen atoms in total. The van der Waals surface area contributed by atoms with E-state index in [1.54, 1.807) is 12.1 Å². The first-order valence-electron chi connectivity index (χ1n) is 6.70. The standard InChI is InChI=1S/C17H17BrO2/c18-16(13-7-10-14-8-3-1-4-9-14)20-17(19)15-11-5-2-6-12-15/h1-6,8-9,11-12,16H,7,10,13H2. The summed E-state index contributed by atoms with van der Waals surface area (Å²) in [7, 11) is 0. The van der Waals surface area contributed by atoms with Crippen molar-refractivity contribution in [2.45, 2.75) is 24.3 Å². The Morgan fingerprint density at radius 2 is 1.60 bits per heavy atom. The molecular weight excluding hydrogens is 316 g/mol. The highest BCUT2D eigenvalue weighted by molar-refractivity contribution is 9.09. The van der Waals surface area contributed by atoms with E-state index in [1.807, 2.05) is 36.4 Å². The molecule has 2 aromatic carbocycles. The molecular formula is C17H17BrO2. The number of alkyl halides is 1. The van der Waals surface area contributed by atoms with Gasteiger partial charge in [-0.2, -0.15) is 0 Å². The van der Waals surface area contributed by atoms with Crippen LogP contribution in [0.3, 0.4) is 0 Å². The van der Waals surface area contributed by atoms with Crippen LogP contribution in [0.1, 0.15) is 28.8 Å². The number of hydrogen-bond donors (Lipinski definition) is 0. The van der Waals surface area contributed by atoms with E-state index in [4.69, 9.17) is 4.74 Å². The van der Waals surface area contributed by atoms with Crippen LogP contribution in [0.15, 0.2) is 60.7 Å². The van der Waals surface area contributed by atoms with Gasteiger partial charge in [0.2, 0.25) is 0 Å². The van der Waals surface area contributed by atoms with Gasteiger partial charge in [0.1, 0.15) is 0 Å². The van der Waals surface area contributed by atoms with E-state index in [1.165, 1.54) is 5.56 Å². The lowest BCUT2D eigenvalue weighted by Gasteiger charge is -2.11. The number of esters is 1. The molecule has 0 saturated heterocycles. The summed E-state index contributed by atoms with van der Waals surface area (Å²) in [5.41, 5.74) is 1.89. The molecule has 2 rings (SSSR count). The molecule has 0 saturated carbocycles. The first kappa shape index (κ1) is 14.8. The summed E-state index contributed by atoms with van der Waals surface area (Å²) < 4.78 is 5.35. The van der Waals surface area contributed by atoms with Gasteiger partial charge in [-0.1, -0.05) is 48.5 Å². The number of carbonyl (C=O) groups excluding carboxylic acids is 1.